The van der Waals surface area contributed by atoms with Crippen molar-refractivity contribution in [3.8, 4) is 0 Å². The van der Waals surface area contributed by atoms with Crippen molar-refractivity contribution >= 4 is 9.84 Å². The van der Waals surface area contributed by atoms with Gasteiger partial charge in [-0.1, -0.05) is 0 Å². The molecule has 1 N–H and O–H groups in total. The molecule has 1 unspecified atom stereocenters. The summed E-state index contributed by atoms with van der Waals surface area (Å²) in [4.78, 5) is 2.47. The molecule has 106 valence electrons. The average Bonchev–Trinajstić information content (AvgIpc) is 3.02. The minimum Gasteiger partial charge on any atom is -0.311 e. The molecule has 18 heavy (non-hydrogen) atoms. The fourth-order valence-electron chi connectivity index (χ4n) is 2.77. The number of hydrogen-bond donors (Lipinski definition) is 1. The molecule has 4 nitrogen and oxygen atoms in total. The normalized spacial score (nSPS) is 29.4. The first-order chi connectivity index (χ1) is 8.28. The van der Waals surface area contributed by atoms with Crippen molar-refractivity contribution in [1.82, 2.24) is 10.2 Å². The summed E-state index contributed by atoms with van der Waals surface area (Å²) in [5.41, 5.74) is 0.142. The van der Waals surface area contributed by atoms with Crippen LogP contribution in [0.2, 0.25) is 0 Å². The van der Waals surface area contributed by atoms with Crippen molar-refractivity contribution in [1.29, 1.82) is 0 Å². The second-order valence-electron chi connectivity index (χ2n) is 6.57. The van der Waals surface area contributed by atoms with Crippen LogP contribution < -0.4 is 5.32 Å². The summed E-state index contributed by atoms with van der Waals surface area (Å²) >= 11 is 0. The van der Waals surface area contributed by atoms with Crippen molar-refractivity contribution in [3.05, 3.63) is 0 Å². The number of nitrogens with one attached hydrogen (secondary N) is 1. The van der Waals surface area contributed by atoms with Crippen LogP contribution in [0.1, 0.15) is 33.1 Å². The molecule has 0 radical (unpaired) electrons. The SMILES string of the molecule is CC1(C)CNC(C2CC2)CN1CCCS(C)(=O)=O. The van der Waals surface area contributed by atoms with Gasteiger partial charge in [0.05, 0.1) is 5.75 Å². The van der Waals surface area contributed by atoms with Crippen molar-refractivity contribution in [2.75, 3.05) is 31.6 Å². The summed E-state index contributed by atoms with van der Waals surface area (Å²) in [6.45, 7) is 7.45. The number of rotatable bonds is 5. The van der Waals surface area contributed by atoms with E-state index >= 15 is 0 Å². The molecule has 1 saturated heterocycles. The van der Waals surface area contributed by atoms with Crippen LogP contribution in [0.4, 0.5) is 0 Å². The third-order valence-electron chi connectivity index (χ3n) is 4.20. The predicted octanol–water partition coefficient (Wildman–Crippen LogP) is 0.884. The highest BCUT2D eigenvalue weighted by molar-refractivity contribution is 7.90. The van der Waals surface area contributed by atoms with Gasteiger partial charge >= 0.3 is 0 Å². The van der Waals surface area contributed by atoms with Crippen LogP contribution in [0.15, 0.2) is 0 Å². The first kappa shape index (κ1) is 14.3. The molecule has 1 saturated carbocycles. The van der Waals surface area contributed by atoms with Crippen LogP contribution in [0.3, 0.4) is 0 Å². The highest BCUT2D eigenvalue weighted by atomic mass is 32.2. The molecule has 2 aliphatic rings. The van der Waals surface area contributed by atoms with E-state index in [9.17, 15) is 8.42 Å². The van der Waals surface area contributed by atoms with Crippen LogP contribution in [-0.2, 0) is 9.84 Å². The summed E-state index contributed by atoms with van der Waals surface area (Å²) in [5, 5.41) is 3.65. The molecule has 2 fully saturated rings. The summed E-state index contributed by atoms with van der Waals surface area (Å²) in [7, 11) is -2.82. The third-order valence-corrected chi connectivity index (χ3v) is 5.23. The second kappa shape index (κ2) is 5.10. The molecule has 0 aromatic heterocycles. The summed E-state index contributed by atoms with van der Waals surface area (Å²) in [5.74, 6) is 1.17. The lowest BCUT2D eigenvalue weighted by atomic mass is 9.95. The van der Waals surface area contributed by atoms with E-state index in [2.05, 4.69) is 24.1 Å². The maximum atomic E-state index is 11.2. The van der Waals surface area contributed by atoms with Crippen molar-refractivity contribution in [2.24, 2.45) is 5.92 Å². The fraction of sp³-hybridized carbons (Fsp3) is 1.00. The van der Waals surface area contributed by atoms with Gasteiger partial charge in [0, 0.05) is 30.9 Å². The topological polar surface area (TPSA) is 49.4 Å². The number of sulfone groups is 1. The predicted molar refractivity (Wildman–Crippen MR) is 74.5 cm³/mol. The summed E-state index contributed by atoms with van der Waals surface area (Å²) in [6.07, 6.45) is 4.78. The van der Waals surface area contributed by atoms with Gasteiger partial charge in [-0.05, 0) is 45.6 Å². The van der Waals surface area contributed by atoms with E-state index in [0.717, 1.165) is 32.0 Å². The molecule has 1 heterocycles. The Bertz CT molecular complexity index is 388. The van der Waals surface area contributed by atoms with Gasteiger partial charge in [0.15, 0.2) is 0 Å². The minimum atomic E-state index is -2.82. The lowest BCUT2D eigenvalue weighted by Crippen LogP contribution is -2.62. The highest BCUT2D eigenvalue weighted by Gasteiger charge is 2.39. The molecule has 0 bridgehead atoms. The van der Waals surface area contributed by atoms with E-state index in [1.165, 1.54) is 19.1 Å². The minimum absolute atomic E-state index is 0.142. The molecule has 1 aliphatic carbocycles. The zero-order valence-corrected chi connectivity index (χ0v) is 12.6. The molecular formula is C13H26N2O2S. The summed E-state index contributed by atoms with van der Waals surface area (Å²) < 4.78 is 22.4. The zero-order chi connectivity index (χ0) is 13.4. The Kier molecular flexibility index (Phi) is 4.04. The Hall–Kier alpha value is -0.130. The van der Waals surface area contributed by atoms with E-state index < -0.39 is 9.84 Å². The third kappa shape index (κ3) is 3.93. The fourth-order valence-corrected chi connectivity index (χ4v) is 3.42. The second-order valence-corrected chi connectivity index (χ2v) is 8.83. The van der Waals surface area contributed by atoms with E-state index in [1.807, 2.05) is 0 Å². The highest BCUT2D eigenvalue weighted by Crippen LogP contribution is 2.35. The maximum Gasteiger partial charge on any atom is 0.147 e. The van der Waals surface area contributed by atoms with Gasteiger partial charge in [-0.15, -0.1) is 0 Å². The van der Waals surface area contributed by atoms with Gasteiger partial charge in [-0.3, -0.25) is 4.90 Å². The Morgan fingerprint density at radius 2 is 2.00 bits per heavy atom. The number of hydrogen-bond acceptors (Lipinski definition) is 4. The van der Waals surface area contributed by atoms with Gasteiger partial charge in [0.1, 0.15) is 9.84 Å². The van der Waals surface area contributed by atoms with Gasteiger partial charge < -0.3 is 5.32 Å². The standard InChI is InChI=1S/C13H26N2O2S/c1-13(2)10-14-12(11-5-6-11)9-15(13)7-4-8-18(3,16)17/h11-12,14H,4-10H2,1-3H3. The number of piperazine rings is 1. The van der Waals surface area contributed by atoms with Crippen LogP contribution in [0, 0.1) is 5.92 Å². The van der Waals surface area contributed by atoms with Gasteiger partial charge in [-0.2, -0.15) is 0 Å². The summed E-state index contributed by atoms with van der Waals surface area (Å²) in [6, 6.07) is 0.622. The van der Waals surface area contributed by atoms with E-state index in [0.29, 0.717) is 11.8 Å². The van der Waals surface area contributed by atoms with Gasteiger partial charge in [-0.25, -0.2) is 8.42 Å². The first-order valence-electron chi connectivity index (χ1n) is 6.94. The average molecular weight is 274 g/mol. The van der Waals surface area contributed by atoms with Crippen molar-refractivity contribution in [2.45, 2.75) is 44.7 Å². The Morgan fingerprint density at radius 1 is 1.33 bits per heavy atom. The first-order valence-corrected chi connectivity index (χ1v) is 9.00. The van der Waals surface area contributed by atoms with E-state index in [4.69, 9.17) is 0 Å². The van der Waals surface area contributed by atoms with Crippen molar-refractivity contribution in [3.63, 3.8) is 0 Å². The van der Waals surface area contributed by atoms with E-state index in [1.54, 1.807) is 0 Å². The molecule has 0 aromatic carbocycles. The zero-order valence-electron chi connectivity index (χ0n) is 11.8. The Morgan fingerprint density at radius 3 is 2.56 bits per heavy atom. The lowest BCUT2D eigenvalue weighted by molar-refractivity contribution is 0.0611. The van der Waals surface area contributed by atoms with E-state index in [-0.39, 0.29) is 5.54 Å². The molecule has 0 aromatic rings. The number of nitrogens with zero attached hydrogens (tertiary/aromatic N) is 1. The molecular weight excluding hydrogens is 248 g/mol. The van der Waals surface area contributed by atoms with Crippen molar-refractivity contribution < 1.29 is 8.42 Å². The van der Waals surface area contributed by atoms with Crippen LogP contribution in [-0.4, -0.2) is 56.5 Å². The lowest BCUT2D eigenvalue weighted by Gasteiger charge is -2.46. The quantitative estimate of drug-likeness (QED) is 0.809. The van der Waals surface area contributed by atoms with Crippen LogP contribution in [0.5, 0.6) is 0 Å². The monoisotopic (exact) mass is 274 g/mol. The molecule has 1 aliphatic heterocycles. The largest absolute Gasteiger partial charge is 0.311 e. The smallest absolute Gasteiger partial charge is 0.147 e. The molecule has 5 heteroatoms. The van der Waals surface area contributed by atoms with Crippen LogP contribution >= 0.6 is 0 Å². The molecule has 2 rings (SSSR count). The Labute approximate surface area is 111 Å². The van der Waals surface area contributed by atoms with Gasteiger partial charge in [0.2, 0.25) is 0 Å². The van der Waals surface area contributed by atoms with Crippen LogP contribution in [0.25, 0.3) is 0 Å². The maximum absolute atomic E-state index is 11.2. The Balaban J connectivity index is 1.86. The molecule has 0 amide bonds. The van der Waals surface area contributed by atoms with Gasteiger partial charge in [0.25, 0.3) is 0 Å². The molecule has 0 spiro atoms. The molecule has 1 atom stereocenters.